The van der Waals surface area contributed by atoms with Gasteiger partial charge in [-0.15, -0.1) is 0 Å². The van der Waals surface area contributed by atoms with Crippen molar-refractivity contribution in [2.45, 2.75) is 43.7 Å². The van der Waals surface area contributed by atoms with Crippen molar-refractivity contribution in [2.24, 2.45) is 11.5 Å². The molecule has 0 aliphatic carbocycles. The molecule has 1 atom stereocenters. The fraction of sp³-hybridized carbons (Fsp3) is 0.350. The molecule has 0 radical (unpaired) electrons. The van der Waals surface area contributed by atoms with E-state index in [9.17, 15) is 13.2 Å². The summed E-state index contributed by atoms with van der Waals surface area (Å²) in [6.07, 6.45) is 2.38. The predicted molar refractivity (Wildman–Crippen MR) is 108 cm³/mol. The molecule has 0 saturated heterocycles. The molecule has 2 aromatic carbocycles. The zero-order valence-electron chi connectivity index (χ0n) is 16.0. The van der Waals surface area contributed by atoms with Gasteiger partial charge < -0.3 is 16.2 Å². The number of carbonyl (C=O) groups excluding carboxylic acids is 1. The molecular weight excluding hydrogens is 380 g/mol. The van der Waals surface area contributed by atoms with E-state index in [2.05, 4.69) is 0 Å². The lowest BCUT2D eigenvalue weighted by Crippen LogP contribution is -2.32. The van der Waals surface area contributed by atoms with E-state index in [1.165, 1.54) is 12.1 Å². The number of esters is 1. The first-order chi connectivity index (χ1) is 13.2. The smallest absolute Gasteiger partial charge is 0.323 e. The van der Waals surface area contributed by atoms with Gasteiger partial charge in [-0.2, -0.15) is 8.42 Å². The van der Waals surface area contributed by atoms with Gasteiger partial charge in [0.2, 0.25) is 0 Å². The molecule has 5 N–H and O–H groups in total. The van der Waals surface area contributed by atoms with E-state index in [1.807, 2.05) is 37.3 Å². The highest BCUT2D eigenvalue weighted by Crippen LogP contribution is 2.08. The van der Waals surface area contributed by atoms with Gasteiger partial charge in [0.05, 0.1) is 4.90 Å². The maximum Gasteiger partial charge on any atom is 0.323 e. The molecule has 0 bridgehead atoms. The molecule has 0 fully saturated rings. The minimum absolute atomic E-state index is 0.0666. The average Bonchev–Trinajstić information content (AvgIpc) is 2.67. The number of hydrogen-bond donors (Lipinski definition) is 3. The number of unbranched alkanes of at least 4 members (excludes halogenated alkanes) is 1. The maximum atomic E-state index is 11.5. The van der Waals surface area contributed by atoms with Crippen LogP contribution < -0.4 is 11.5 Å². The van der Waals surface area contributed by atoms with Crippen LogP contribution >= 0.6 is 0 Å². The Kier molecular flexibility index (Phi) is 10.4. The Bertz CT molecular complexity index is 808. The zero-order valence-corrected chi connectivity index (χ0v) is 16.8. The second-order valence-corrected chi connectivity index (χ2v) is 7.69. The van der Waals surface area contributed by atoms with Crippen LogP contribution in [0.3, 0.4) is 0 Å². The van der Waals surface area contributed by atoms with Crippen LogP contribution in [0.1, 0.15) is 30.4 Å². The van der Waals surface area contributed by atoms with E-state index in [-0.39, 0.29) is 17.5 Å². The highest BCUT2D eigenvalue weighted by molar-refractivity contribution is 7.85. The van der Waals surface area contributed by atoms with E-state index >= 15 is 0 Å². The summed E-state index contributed by atoms with van der Waals surface area (Å²) in [5.41, 5.74) is 13.0. The number of benzene rings is 2. The average molecular weight is 409 g/mol. The quantitative estimate of drug-likeness (QED) is 0.347. The van der Waals surface area contributed by atoms with Crippen molar-refractivity contribution in [2.75, 3.05) is 6.54 Å². The Morgan fingerprint density at radius 3 is 2.21 bits per heavy atom. The minimum Gasteiger partial charge on any atom is -0.460 e. The lowest BCUT2D eigenvalue weighted by Gasteiger charge is -2.11. The van der Waals surface area contributed by atoms with E-state index in [1.54, 1.807) is 12.1 Å². The van der Waals surface area contributed by atoms with Gasteiger partial charge in [0.25, 0.3) is 10.1 Å². The van der Waals surface area contributed by atoms with Gasteiger partial charge in [0.1, 0.15) is 12.6 Å². The number of ether oxygens (including phenoxy) is 1. The van der Waals surface area contributed by atoms with Crippen molar-refractivity contribution in [3.8, 4) is 0 Å². The molecule has 0 saturated carbocycles. The fourth-order valence-electron chi connectivity index (χ4n) is 2.17. The van der Waals surface area contributed by atoms with E-state index in [4.69, 9.17) is 20.8 Å². The van der Waals surface area contributed by atoms with Gasteiger partial charge in [-0.1, -0.05) is 54.4 Å². The summed E-state index contributed by atoms with van der Waals surface area (Å²) in [5.74, 6) is -0.342. The molecule has 7 nitrogen and oxygen atoms in total. The zero-order chi connectivity index (χ0) is 21.0. The largest absolute Gasteiger partial charge is 0.460 e. The van der Waals surface area contributed by atoms with Gasteiger partial charge in [-0.05, 0) is 44.0 Å². The first-order valence-electron chi connectivity index (χ1n) is 8.94. The number of nitrogens with two attached hydrogens (primary N) is 2. The van der Waals surface area contributed by atoms with Gasteiger partial charge in [0, 0.05) is 0 Å². The Balaban J connectivity index is 0.000000307. The third kappa shape index (κ3) is 9.61. The van der Waals surface area contributed by atoms with Crippen molar-refractivity contribution < 1.29 is 22.5 Å². The summed E-state index contributed by atoms with van der Waals surface area (Å²) in [6.45, 7) is 2.75. The summed E-state index contributed by atoms with van der Waals surface area (Å²) >= 11 is 0. The van der Waals surface area contributed by atoms with Crippen LogP contribution in [0.2, 0.25) is 0 Å². The normalized spacial score (nSPS) is 11.9. The van der Waals surface area contributed by atoms with E-state index in [0.29, 0.717) is 13.0 Å². The van der Waals surface area contributed by atoms with Crippen LogP contribution in [0, 0.1) is 6.92 Å². The summed E-state index contributed by atoms with van der Waals surface area (Å²) in [7, 11) is -4.02. The molecule has 0 aliphatic rings. The molecule has 0 amide bonds. The number of aryl methyl sites for hydroxylation is 1. The third-order valence-corrected chi connectivity index (χ3v) is 4.68. The van der Waals surface area contributed by atoms with Crippen molar-refractivity contribution in [1.29, 1.82) is 0 Å². The molecule has 0 aromatic heterocycles. The van der Waals surface area contributed by atoms with Crippen LogP contribution in [0.4, 0.5) is 0 Å². The SMILES string of the molecule is Cc1ccc(S(=O)(=O)O)cc1.NCCCCC(N)C(=O)OCc1ccccc1. The van der Waals surface area contributed by atoms with Crippen molar-refractivity contribution in [3.63, 3.8) is 0 Å². The van der Waals surface area contributed by atoms with Crippen molar-refractivity contribution >= 4 is 16.1 Å². The standard InChI is InChI=1S/C13H20N2O2.C7H8O3S/c14-9-5-4-8-12(15)13(16)17-10-11-6-2-1-3-7-11;1-6-2-4-7(5-3-6)11(8,9)10/h1-3,6-7,12H,4-5,8-10,14-15H2;2-5H,1H3,(H,8,9,10). The number of carbonyl (C=O) groups is 1. The van der Waals surface area contributed by atoms with E-state index < -0.39 is 16.2 Å². The van der Waals surface area contributed by atoms with E-state index in [0.717, 1.165) is 24.0 Å². The predicted octanol–water partition coefficient (Wildman–Crippen LogP) is 2.43. The molecule has 8 heteroatoms. The van der Waals surface area contributed by atoms with Crippen LogP contribution in [0.5, 0.6) is 0 Å². The molecule has 28 heavy (non-hydrogen) atoms. The lowest BCUT2D eigenvalue weighted by atomic mass is 10.1. The molecule has 0 aliphatic heterocycles. The summed E-state index contributed by atoms with van der Waals surface area (Å²) in [5, 5.41) is 0. The molecular formula is C20H28N2O5S. The van der Waals surface area contributed by atoms with Gasteiger partial charge >= 0.3 is 5.97 Å². The number of hydrogen-bond acceptors (Lipinski definition) is 6. The minimum atomic E-state index is -4.02. The van der Waals surface area contributed by atoms with Crippen LogP contribution in [-0.2, 0) is 26.3 Å². The van der Waals surface area contributed by atoms with Gasteiger partial charge in [-0.3, -0.25) is 9.35 Å². The molecule has 1 unspecified atom stereocenters. The van der Waals surface area contributed by atoms with Crippen LogP contribution in [0.25, 0.3) is 0 Å². The highest BCUT2D eigenvalue weighted by atomic mass is 32.2. The Hall–Kier alpha value is -2.26. The van der Waals surface area contributed by atoms with Crippen molar-refractivity contribution in [3.05, 3.63) is 65.7 Å². The first-order valence-corrected chi connectivity index (χ1v) is 10.4. The molecule has 2 rings (SSSR count). The highest BCUT2D eigenvalue weighted by Gasteiger charge is 2.14. The van der Waals surface area contributed by atoms with Crippen LogP contribution in [-0.4, -0.2) is 31.5 Å². The van der Waals surface area contributed by atoms with Crippen molar-refractivity contribution in [1.82, 2.24) is 0 Å². The molecule has 0 heterocycles. The first kappa shape index (κ1) is 23.8. The topological polar surface area (TPSA) is 133 Å². The monoisotopic (exact) mass is 408 g/mol. The number of rotatable bonds is 8. The Morgan fingerprint density at radius 2 is 1.68 bits per heavy atom. The second kappa shape index (κ2) is 12.2. The van der Waals surface area contributed by atoms with Gasteiger partial charge in [-0.25, -0.2) is 0 Å². The molecule has 154 valence electrons. The summed E-state index contributed by atoms with van der Waals surface area (Å²) < 4.78 is 34.7. The summed E-state index contributed by atoms with van der Waals surface area (Å²) in [6, 6.07) is 15.0. The second-order valence-electron chi connectivity index (χ2n) is 6.27. The lowest BCUT2D eigenvalue weighted by molar-refractivity contribution is -0.146. The Labute approximate surface area is 166 Å². The van der Waals surface area contributed by atoms with Crippen LogP contribution in [0.15, 0.2) is 59.5 Å². The third-order valence-electron chi connectivity index (χ3n) is 3.81. The summed E-state index contributed by atoms with van der Waals surface area (Å²) in [4.78, 5) is 11.5. The Morgan fingerprint density at radius 1 is 1.07 bits per heavy atom. The van der Waals surface area contributed by atoms with Gasteiger partial charge in [0.15, 0.2) is 0 Å². The maximum absolute atomic E-state index is 11.5. The fourth-order valence-corrected chi connectivity index (χ4v) is 2.65. The molecule has 0 spiro atoms. The molecule has 2 aromatic rings.